The molecule has 0 bridgehead atoms. The lowest BCUT2D eigenvalue weighted by molar-refractivity contribution is 0.0734. The number of ether oxygens (including phenoxy) is 1. The van der Waals surface area contributed by atoms with Crippen LogP contribution < -0.4 is 10.1 Å². The van der Waals surface area contributed by atoms with Crippen molar-refractivity contribution in [3.8, 4) is 5.75 Å². The van der Waals surface area contributed by atoms with Crippen molar-refractivity contribution in [1.29, 1.82) is 0 Å². The Morgan fingerprint density at radius 3 is 2.62 bits per heavy atom. The number of hydrogen-bond acceptors (Lipinski definition) is 3. The summed E-state index contributed by atoms with van der Waals surface area (Å²) in [5.41, 5.74) is 2.58. The van der Waals surface area contributed by atoms with Crippen LogP contribution in [0.25, 0.3) is 10.8 Å². The Bertz CT molecular complexity index is 1010. The van der Waals surface area contributed by atoms with E-state index in [1.807, 2.05) is 49.5 Å². The Balaban J connectivity index is 1.73. The average Bonchev–Trinajstić information content (AvgIpc) is 2.76. The standard InChI is InChI=1S/C25H28N2O2/c1-3-4-5-10-17-29-22-16-15-18-11-6-7-12-19(18)23(22)24-26-21-14-9-8-13-20(21)25(28)27(24)2/h6-9,11-16,24,26H,3-5,10,17H2,1-2H3. The van der Waals surface area contributed by atoms with Crippen molar-refractivity contribution in [3.63, 3.8) is 0 Å². The molecular formula is C25H28N2O2. The van der Waals surface area contributed by atoms with Gasteiger partial charge in [0.1, 0.15) is 11.9 Å². The first-order chi connectivity index (χ1) is 14.2. The molecule has 1 amide bonds. The number of para-hydroxylation sites is 1. The summed E-state index contributed by atoms with van der Waals surface area (Å²) in [7, 11) is 1.85. The van der Waals surface area contributed by atoms with Crippen molar-refractivity contribution in [2.24, 2.45) is 0 Å². The lowest BCUT2D eigenvalue weighted by Crippen LogP contribution is -2.40. The van der Waals surface area contributed by atoms with E-state index >= 15 is 0 Å². The molecule has 0 saturated carbocycles. The van der Waals surface area contributed by atoms with Crippen LogP contribution in [-0.4, -0.2) is 24.5 Å². The summed E-state index contributed by atoms with van der Waals surface area (Å²) < 4.78 is 6.24. The molecule has 0 spiro atoms. The third-order valence-electron chi connectivity index (χ3n) is 5.62. The van der Waals surface area contributed by atoms with Gasteiger partial charge in [-0.3, -0.25) is 4.79 Å². The van der Waals surface area contributed by atoms with Gasteiger partial charge in [-0.05, 0) is 35.4 Å². The second-order valence-corrected chi connectivity index (χ2v) is 7.62. The number of benzene rings is 3. The minimum absolute atomic E-state index is 0.0196. The highest BCUT2D eigenvalue weighted by atomic mass is 16.5. The quantitative estimate of drug-likeness (QED) is 0.505. The highest BCUT2D eigenvalue weighted by Crippen LogP contribution is 2.40. The minimum atomic E-state index is -0.283. The van der Waals surface area contributed by atoms with Gasteiger partial charge < -0.3 is 15.0 Å². The average molecular weight is 389 g/mol. The van der Waals surface area contributed by atoms with E-state index in [0.717, 1.165) is 34.2 Å². The fraction of sp³-hybridized carbons (Fsp3) is 0.320. The molecule has 1 aliphatic heterocycles. The van der Waals surface area contributed by atoms with E-state index in [1.165, 1.54) is 19.3 Å². The molecule has 0 radical (unpaired) electrons. The number of carbonyl (C=O) groups is 1. The number of anilines is 1. The first kappa shape index (κ1) is 19.3. The number of amides is 1. The van der Waals surface area contributed by atoms with Gasteiger partial charge >= 0.3 is 0 Å². The maximum Gasteiger partial charge on any atom is 0.257 e. The van der Waals surface area contributed by atoms with E-state index in [-0.39, 0.29) is 12.1 Å². The lowest BCUT2D eigenvalue weighted by atomic mass is 9.97. The molecule has 150 valence electrons. The van der Waals surface area contributed by atoms with Crippen molar-refractivity contribution < 1.29 is 9.53 Å². The lowest BCUT2D eigenvalue weighted by Gasteiger charge is -2.36. The van der Waals surface area contributed by atoms with Gasteiger partial charge in [-0.2, -0.15) is 0 Å². The molecular weight excluding hydrogens is 360 g/mol. The van der Waals surface area contributed by atoms with Crippen LogP contribution in [0.3, 0.4) is 0 Å². The Kier molecular flexibility index (Phi) is 5.70. The smallest absolute Gasteiger partial charge is 0.257 e. The molecule has 3 aromatic rings. The summed E-state index contributed by atoms with van der Waals surface area (Å²) in [5, 5.41) is 5.81. The molecule has 0 fully saturated rings. The number of nitrogens with one attached hydrogen (secondary N) is 1. The number of hydrogen-bond donors (Lipinski definition) is 1. The van der Waals surface area contributed by atoms with Crippen LogP contribution in [0.2, 0.25) is 0 Å². The molecule has 4 rings (SSSR count). The minimum Gasteiger partial charge on any atom is -0.493 e. The highest BCUT2D eigenvalue weighted by Gasteiger charge is 2.32. The first-order valence-corrected chi connectivity index (χ1v) is 10.5. The molecule has 3 aromatic carbocycles. The third-order valence-corrected chi connectivity index (χ3v) is 5.62. The summed E-state index contributed by atoms with van der Waals surface area (Å²) in [6.07, 6.45) is 4.36. The zero-order valence-electron chi connectivity index (χ0n) is 17.2. The van der Waals surface area contributed by atoms with E-state index in [0.29, 0.717) is 12.2 Å². The summed E-state index contributed by atoms with van der Waals surface area (Å²) in [5.74, 6) is 0.864. The van der Waals surface area contributed by atoms with Gasteiger partial charge in [0, 0.05) is 18.3 Å². The second kappa shape index (κ2) is 8.56. The molecule has 1 heterocycles. The van der Waals surface area contributed by atoms with E-state index < -0.39 is 0 Å². The monoisotopic (exact) mass is 388 g/mol. The van der Waals surface area contributed by atoms with Crippen LogP contribution in [0.4, 0.5) is 5.69 Å². The molecule has 1 N–H and O–H groups in total. The van der Waals surface area contributed by atoms with E-state index in [1.54, 1.807) is 4.90 Å². The molecule has 0 saturated heterocycles. The molecule has 4 nitrogen and oxygen atoms in total. The number of fused-ring (bicyclic) bond motifs is 2. The van der Waals surface area contributed by atoms with Crippen LogP contribution in [0.5, 0.6) is 5.75 Å². The van der Waals surface area contributed by atoms with Gasteiger partial charge in [0.2, 0.25) is 0 Å². The van der Waals surface area contributed by atoms with Crippen molar-refractivity contribution in [1.82, 2.24) is 4.90 Å². The fourth-order valence-electron chi connectivity index (χ4n) is 4.01. The predicted molar refractivity (Wildman–Crippen MR) is 118 cm³/mol. The Labute approximate surface area is 172 Å². The Morgan fingerprint density at radius 1 is 0.966 bits per heavy atom. The first-order valence-electron chi connectivity index (χ1n) is 10.5. The molecule has 0 aromatic heterocycles. The topological polar surface area (TPSA) is 41.6 Å². The highest BCUT2D eigenvalue weighted by molar-refractivity contribution is 6.02. The summed E-state index contributed by atoms with van der Waals surface area (Å²) in [4.78, 5) is 14.8. The van der Waals surface area contributed by atoms with Crippen LogP contribution in [0, 0.1) is 0 Å². The third kappa shape index (κ3) is 3.80. The normalized spacial score (nSPS) is 15.9. The molecule has 29 heavy (non-hydrogen) atoms. The van der Waals surface area contributed by atoms with Crippen LogP contribution in [-0.2, 0) is 0 Å². The molecule has 1 unspecified atom stereocenters. The van der Waals surface area contributed by atoms with E-state index in [9.17, 15) is 4.79 Å². The molecule has 4 heteroatoms. The van der Waals surface area contributed by atoms with Gasteiger partial charge in [-0.25, -0.2) is 0 Å². The Hall–Kier alpha value is -3.01. The molecule has 1 aliphatic rings. The predicted octanol–water partition coefficient (Wildman–Crippen LogP) is 6.00. The van der Waals surface area contributed by atoms with Crippen molar-refractivity contribution in [2.45, 2.75) is 38.8 Å². The zero-order valence-corrected chi connectivity index (χ0v) is 17.2. The molecule has 1 atom stereocenters. The number of nitrogens with zero attached hydrogens (tertiary/aromatic N) is 1. The van der Waals surface area contributed by atoms with Crippen molar-refractivity contribution in [3.05, 3.63) is 71.8 Å². The van der Waals surface area contributed by atoms with Gasteiger partial charge in [-0.15, -0.1) is 0 Å². The van der Waals surface area contributed by atoms with E-state index in [4.69, 9.17) is 4.74 Å². The fourth-order valence-corrected chi connectivity index (χ4v) is 4.01. The maximum absolute atomic E-state index is 13.0. The van der Waals surface area contributed by atoms with Gasteiger partial charge in [0.25, 0.3) is 5.91 Å². The number of rotatable bonds is 7. The van der Waals surface area contributed by atoms with Gasteiger partial charge in [-0.1, -0.05) is 68.7 Å². The summed E-state index contributed by atoms with van der Waals surface area (Å²) in [6.45, 7) is 2.90. The summed E-state index contributed by atoms with van der Waals surface area (Å²) >= 11 is 0. The van der Waals surface area contributed by atoms with E-state index in [2.05, 4.69) is 30.4 Å². The maximum atomic E-state index is 13.0. The van der Waals surface area contributed by atoms with Crippen molar-refractivity contribution in [2.75, 3.05) is 19.0 Å². The van der Waals surface area contributed by atoms with Crippen molar-refractivity contribution >= 4 is 22.4 Å². The number of unbranched alkanes of at least 4 members (excludes halogenated alkanes) is 3. The SMILES string of the molecule is CCCCCCOc1ccc2ccccc2c1C1Nc2ccccc2C(=O)N1C. The Morgan fingerprint density at radius 2 is 1.76 bits per heavy atom. The largest absolute Gasteiger partial charge is 0.493 e. The van der Waals surface area contributed by atoms with Crippen LogP contribution in [0.15, 0.2) is 60.7 Å². The van der Waals surface area contributed by atoms with Crippen LogP contribution in [0.1, 0.15) is 54.7 Å². The molecule has 0 aliphatic carbocycles. The van der Waals surface area contributed by atoms with Gasteiger partial charge in [0.15, 0.2) is 0 Å². The zero-order chi connectivity index (χ0) is 20.2. The van der Waals surface area contributed by atoms with Crippen LogP contribution >= 0.6 is 0 Å². The number of carbonyl (C=O) groups excluding carboxylic acids is 1. The second-order valence-electron chi connectivity index (χ2n) is 7.62. The summed E-state index contributed by atoms with van der Waals surface area (Å²) in [6, 6.07) is 20.1. The van der Waals surface area contributed by atoms with Gasteiger partial charge in [0.05, 0.1) is 12.2 Å².